The van der Waals surface area contributed by atoms with Crippen LogP contribution in [0.3, 0.4) is 0 Å². The second-order valence-electron chi connectivity index (χ2n) is 2.87. The van der Waals surface area contributed by atoms with Crippen LogP contribution in [-0.2, 0) is 9.53 Å². The number of benzene rings is 1. The fourth-order valence-electron chi connectivity index (χ4n) is 0.993. The minimum absolute atomic E-state index is 0.231. The summed E-state index contributed by atoms with van der Waals surface area (Å²) in [6.07, 6.45) is 3.36. The van der Waals surface area contributed by atoms with E-state index in [9.17, 15) is 4.79 Å². The molecule has 1 aromatic carbocycles. The minimum atomic E-state index is -0.231. The van der Waals surface area contributed by atoms with Crippen LogP contribution < -0.4 is 0 Å². The van der Waals surface area contributed by atoms with Gasteiger partial charge in [0.15, 0.2) is 0 Å². The van der Waals surface area contributed by atoms with Crippen LogP contribution in [0, 0.1) is 6.08 Å². The van der Waals surface area contributed by atoms with Gasteiger partial charge < -0.3 is 4.74 Å². The molecule has 0 unspecified atom stereocenters. The Hall–Kier alpha value is -1.57. The normalized spacial score (nSPS) is 11.1. The van der Waals surface area contributed by atoms with E-state index < -0.39 is 0 Å². The molecule has 1 aromatic rings. The molecule has 0 saturated heterocycles. The van der Waals surface area contributed by atoms with Crippen molar-refractivity contribution < 1.29 is 9.53 Å². The van der Waals surface area contributed by atoms with E-state index in [1.54, 1.807) is 13.8 Å². The Bertz CT molecular complexity index is 325. The summed E-state index contributed by atoms with van der Waals surface area (Å²) >= 11 is 0. The quantitative estimate of drug-likeness (QED) is 0.539. The second-order valence-corrected chi connectivity index (χ2v) is 2.87. The third-order valence-electron chi connectivity index (χ3n) is 1.65. The molecule has 1 rings (SSSR count). The fourth-order valence-corrected chi connectivity index (χ4v) is 0.993. The van der Waals surface area contributed by atoms with Crippen LogP contribution in [0.4, 0.5) is 0 Å². The molecule has 2 heteroatoms. The van der Waals surface area contributed by atoms with Crippen LogP contribution in [0.2, 0.25) is 0 Å². The van der Waals surface area contributed by atoms with E-state index in [0.717, 1.165) is 5.56 Å². The molecule has 0 aliphatic rings. The lowest BCUT2D eigenvalue weighted by atomic mass is 10.2. The van der Waals surface area contributed by atoms with E-state index in [2.05, 4.69) is 6.08 Å². The third kappa shape index (κ3) is 3.44. The van der Waals surface area contributed by atoms with Crippen molar-refractivity contribution in [1.29, 1.82) is 0 Å². The van der Waals surface area contributed by atoms with Crippen LogP contribution in [-0.4, -0.2) is 5.97 Å². The van der Waals surface area contributed by atoms with Gasteiger partial charge in [-0.05, 0) is 12.5 Å². The van der Waals surface area contributed by atoms with Gasteiger partial charge >= 0.3 is 5.97 Å². The van der Waals surface area contributed by atoms with Crippen LogP contribution >= 0.6 is 0 Å². The monoisotopic (exact) mass is 189 g/mol. The molecule has 0 atom stereocenters. The van der Waals surface area contributed by atoms with Gasteiger partial charge in [0.1, 0.15) is 5.76 Å². The Kier molecular flexibility index (Phi) is 3.92. The average molecular weight is 189 g/mol. The summed E-state index contributed by atoms with van der Waals surface area (Å²) in [6.45, 7) is 3.48. The Morgan fingerprint density at radius 1 is 1.36 bits per heavy atom. The predicted molar refractivity (Wildman–Crippen MR) is 54.4 cm³/mol. The molecule has 14 heavy (non-hydrogen) atoms. The van der Waals surface area contributed by atoms with Crippen LogP contribution in [0.25, 0.3) is 0 Å². The molecule has 0 saturated carbocycles. The molecular weight excluding hydrogens is 176 g/mol. The average Bonchev–Trinajstić information content (AvgIpc) is 2.19. The number of allylic oxidation sites excluding steroid dienone is 1. The maximum atomic E-state index is 10.9. The van der Waals surface area contributed by atoms with Gasteiger partial charge in [-0.25, -0.2) is 0 Å². The lowest BCUT2D eigenvalue weighted by Crippen LogP contribution is -2.00. The minimum Gasteiger partial charge on any atom is -0.431 e. The van der Waals surface area contributed by atoms with Gasteiger partial charge in [0, 0.05) is 12.5 Å². The van der Waals surface area contributed by atoms with E-state index in [1.165, 1.54) is 0 Å². The highest BCUT2D eigenvalue weighted by molar-refractivity contribution is 5.70. The first-order valence-corrected chi connectivity index (χ1v) is 4.58. The van der Waals surface area contributed by atoms with Gasteiger partial charge in [0.25, 0.3) is 0 Å². The maximum Gasteiger partial charge on any atom is 0.310 e. The standard InChI is InChI=1S/C12H13O2/c1-3-12(13)14-10(2)9-11-7-5-4-6-8-11/h4-8H,3H2,1-2H3. The van der Waals surface area contributed by atoms with Gasteiger partial charge in [-0.2, -0.15) is 0 Å². The Balaban J connectivity index is 2.65. The molecule has 0 aliphatic heterocycles. The number of rotatable bonds is 3. The first-order chi connectivity index (χ1) is 6.72. The highest BCUT2D eigenvalue weighted by Gasteiger charge is 1.99. The number of hydrogen-bond acceptors (Lipinski definition) is 2. The zero-order valence-electron chi connectivity index (χ0n) is 8.41. The number of esters is 1. The number of carbonyl (C=O) groups is 1. The molecule has 0 amide bonds. The molecule has 0 bridgehead atoms. The second kappa shape index (κ2) is 5.22. The van der Waals surface area contributed by atoms with Crippen LogP contribution in [0.15, 0.2) is 36.1 Å². The van der Waals surface area contributed by atoms with E-state index in [4.69, 9.17) is 4.74 Å². The van der Waals surface area contributed by atoms with Crippen molar-refractivity contribution in [1.82, 2.24) is 0 Å². The van der Waals surface area contributed by atoms with Crippen molar-refractivity contribution in [3.8, 4) is 0 Å². The van der Waals surface area contributed by atoms with E-state index in [-0.39, 0.29) is 5.97 Å². The highest BCUT2D eigenvalue weighted by atomic mass is 16.5. The first kappa shape index (κ1) is 10.5. The molecule has 0 aromatic heterocycles. The van der Waals surface area contributed by atoms with E-state index >= 15 is 0 Å². The molecule has 0 aliphatic carbocycles. The summed E-state index contributed by atoms with van der Waals surface area (Å²) in [5, 5.41) is 0. The molecule has 0 fully saturated rings. The summed E-state index contributed by atoms with van der Waals surface area (Å²) in [4.78, 5) is 10.9. The lowest BCUT2D eigenvalue weighted by molar-refractivity contribution is -0.139. The van der Waals surface area contributed by atoms with Crippen LogP contribution in [0.5, 0.6) is 0 Å². The third-order valence-corrected chi connectivity index (χ3v) is 1.65. The van der Waals surface area contributed by atoms with Crippen molar-refractivity contribution in [2.45, 2.75) is 20.3 Å². The molecule has 1 radical (unpaired) electrons. The molecular formula is C12H13O2. The van der Waals surface area contributed by atoms with E-state index in [1.807, 2.05) is 30.3 Å². The van der Waals surface area contributed by atoms with Crippen molar-refractivity contribution in [3.05, 3.63) is 47.7 Å². The summed E-state index contributed by atoms with van der Waals surface area (Å²) in [6, 6.07) is 9.57. The van der Waals surface area contributed by atoms with Crippen molar-refractivity contribution in [2.24, 2.45) is 0 Å². The molecule has 0 N–H and O–H groups in total. The number of ether oxygens (including phenoxy) is 1. The predicted octanol–water partition coefficient (Wildman–Crippen LogP) is 2.69. The first-order valence-electron chi connectivity index (χ1n) is 4.58. The molecule has 2 nitrogen and oxygen atoms in total. The Morgan fingerprint density at radius 3 is 2.57 bits per heavy atom. The highest BCUT2D eigenvalue weighted by Crippen LogP contribution is 2.04. The van der Waals surface area contributed by atoms with Gasteiger partial charge in [-0.1, -0.05) is 37.3 Å². The van der Waals surface area contributed by atoms with Gasteiger partial charge in [-0.15, -0.1) is 0 Å². The summed E-state index contributed by atoms with van der Waals surface area (Å²) in [5.41, 5.74) is 0.911. The lowest BCUT2D eigenvalue weighted by Gasteiger charge is -2.01. The van der Waals surface area contributed by atoms with Crippen molar-refractivity contribution >= 4 is 5.97 Å². The zero-order valence-corrected chi connectivity index (χ0v) is 8.41. The van der Waals surface area contributed by atoms with E-state index in [0.29, 0.717) is 12.2 Å². The maximum absolute atomic E-state index is 10.9. The number of hydrogen-bond donors (Lipinski definition) is 0. The van der Waals surface area contributed by atoms with Crippen molar-refractivity contribution in [3.63, 3.8) is 0 Å². The topological polar surface area (TPSA) is 26.3 Å². The Morgan fingerprint density at radius 2 is 2.00 bits per heavy atom. The summed E-state index contributed by atoms with van der Waals surface area (Å²) < 4.78 is 4.97. The molecule has 73 valence electrons. The van der Waals surface area contributed by atoms with Crippen molar-refractivity contribution in [2.75, 3.05) is 0 Å². The van der Waals surface area contributed by atoms with Gasteiger partial charge in [0.05, 0.1) is 0 Å². The fraction of sp³-hybridized carbons (Fsp3) is 0.250. The zero-order chi connectivity index (χ0) is 10.4. The number of carbonyl (C=O) groups excluding carboxylic acids is 1. The molecule has 0 heterocycles. The molecule has 0 spiro atoms. The summed E-state index contributed by atoms with van der Waals surface area (Å²) in [5.74, 6) is 0.272. The van der Waals surface area contributed by atoms with Crippen LogP contribution in [0.1, 0.15) is 25.8 Å². The Labute approximate surface area is 84.2 Å². The smallest absolute Gasteiger partial charge is 0.310 e. The summed E-state index contributed by atoms with van der Waals surface area (Å²) in [7, 11) is 0. The van der Waals surface area contributed by atoms with Gasteiger partial charge in [0.2, 0.25) is 0 Å². The van der Waals surface area contributed by atoms with Gasteiger partial charge in [-0.3, -0.25) is 4.79 Å². The largest absolute Gasteiger partial charge is 0.431 e. The SMILES string of the molecule is CCC(=O)OC(C)=[C]c1ccccc1.